The molecule has 0 aliphatic heterocycles. The standard InChI is InChI=1S/C19H16F2N2O3S/c1-4-8-23-16-13(21)9-11(20)10-15(16)27-19(23)22-18(24)12-6-5-7-14(25-2)17(12)26-3/h4-7,9-10H,1,8H2,2-3H3. The molecule has 0 spiro atoms. The topological polar surface area (TPSA) is 52.8 Å². The van der Waals surface area contributed by atoms with Gasteiger partial charge in [0.15, 0.2) is 22.1 Å². The largest absolute Gasteiger partial charge is 0.493 e. The first-order valence-electron chi connectivity index (χ1n) is 7.89. The van der Waals surface area contributed by atoms with Crippen LogP contribution >= 0.6 is 11.3 Å². The number of carbonyl (C=O) groups is 1. The summed E-state index contributed by atoms with van der Waals surface area (Å²) in [5.41, 5.74) is 0.372. The number of aromatic nitrogens is 1. The lowest BCUT2D eigenvalue weighted by atomic mass is 10.2. The number of halogens is 2. The number of benzene rings is 2. The Labute approximate surface area is 157 Å². The van der Waals surface area contributed by atoms with Gasteiger partial charge in [-0.15, -0.1) is 6.58 Å². The molecule has 0 atom stereocenters. The van der Waals surface area contributed by atoms with Gasteiger partial charge in [0, 0.05) is 12.6 Å². The van der Waals surface area contributed by atoms with E-state index >= 15 is 0 Å². The molecule has 8 heteroatoms. The lowest BCUT2D eigenvalue weighted by Gasteiger charge is -2.10. The molecule has 1 aromatic heterocycles. The molecule has 0 unspecified atom stereocenters. The van der Waals surface area contributed by atoms with Crippen molar-refractivity contribution in [3.8, 4) is 11.5 Å². The predicted octanol–water partition coefficient (Wildman–Crippen LogP) is 3.93. The Bertz CT molecular complexity index is 1100. The molecular formula is C19H16F2N2O3S. The fourth-order valence-corrected chi connectivity index (χ4v) is 3.79. The second-order valence-corrected chi connectivity index (χ2v) is 6.49. The first-order valence-corrected chi connectivity index (χ1v) is 8.71. The molecule has 0 aliphatic rings. The Hall–Kier alpha value is -3.00. The average molecular weight is 390 g/mol. The first-order chi connectivity index (χ1) is 13.0. The van der Waals surface area contributed by atoms with Crippen molar-refractivity contribution in [3.05, 3.63) is 65.0 Å². The summed E-state index contributed by atoms with van der Waals surface area (Å²) in [5.74, 6) is -1.37. The second kappa shape index (κ2) is 7.71. The minimum absolute atomic E-state index is 0.172. The van der Waals surface area contributed by atoms with Crippen molar-refractivity contribution in [2.24, 2.45) is 4.99 Å². The quantitative estimate of drug-likeness (QED) is 0.621. The number of thiazole rings is 1. The number of para-hydroxylation sites is 1. The number of carbonyl (C=O) groups excluding carboxylic acids is 1. The maximum absolute atomic E-state index is 14.3. The number of methoxy groups -OCH3 is 2. The molecule has 0 bridgehead atoms. The highest BCUT2D eigenvalue weighted by Gasteiger charge is 2.18. The Morgan fingerprint density at radius 3 is 2.74 bits per heavy atom. The second-order valence-electron chi connectivity index (χ2n) is 5.48. The van der Waals surface area contributed by atoms with E-state index in [1.54, 1.807) is 24.3 Å². The van der Waals surface area contributed by atoms with E-state index in [0.29, 0.717) is 10.4 Å². The van der Waals surface area contributed by atoms with Crippen molar-refractivity contribution in [1.82, 2.24) is 4.57 Å². The normalized spacial score (nSPS) is 11.6. The smallest absolute Gasteiger partial charge is 0.283 e. The van der Waals surface area contributed by atoms with E-state index in [4.69, 9.17) is 9.47 Å². The van der Waals surface area contributed by atoms with E-state index in [-0.39, 0.29) is 28.2 Å². The van der Waals surface area contributed by atoms with Crippen LogP contribution in [0.15, 0.2) is 48.0 Å². The number of nitrogens with zero attached hydrogens (tertiary/aromatic N) is 2. The maximum atomic E-state index is 14.3. The highest BCUT2D eigenvalue weighted by Crippen LogP contribution is 2.31. The van der Waals surface area contributed by atoms with Crippen molar-refractivity contribution in [1.29, 1.82) is 0 Å². The molecule has 3 rings (SSSR count). The fourth-order valence-electron chi connectivity index (χ4n) is 2.72. The molecule has 0 fully saturated rings. The number of ether oxygens (including phenoxy) is 2. The SMILES string of the molecule is C=CCn1c(=NC(=O)c2cccc(OC)c2OC)sc2cc(F)cc(F)c21. The monoisotopic (exact) mass is 390 g/mol. The van der Waals surface area contributed by atoms with Crippen molar-refractivity contribution >= 4 is 27.5 Å². The molecule has 0 saturated carbocycles. The van der Waals surface area contributed by atoms with Crippen molar-refractivity contribution in [3.63, 3.8) is 0 Å². The van der Waals surface area contributed by atoms with Crippen LogP contribution < -0.4 is 14.3 Å². The maximum Gasteiger partial charge on any atom is 0.283 e. The summed E-state index contributed by atoms with van der Waals surface area (Å²) in [6.45, 7) is 3.85. The molecule has 3 aromatic rings. The Morgan fingerprint density at radius 1 is 1.30 bits per heavy atom. The first kappa shape index (κ1) is 18.8. The summed E-state index contributed by atoms with van der Waals surface area (Å²) in [6.07, 6.45) is 1.55. The molecule has 0 N–H and O–H groups in total. The zero-order valence-corrected chi connectivity index (χ0v) is 15.5. The van der Waals surface area contributed by atoms with Crippen LogP contribution in [0, 0.1) is 11.6 Å². The summed E-state index contributed by atoms with van der Waals surface area (Å²) in [6, 6.07) is 6.86. The van der Waals surface area contributed by atoms with Crippen LogP contribution in [0.5, 0.6) is 11.5 Å². The van der Waals surface area contributed by atoms with Crippen LogP contribution in [-0.2, 0) is 6.54 Å². The Balaban J connectivity index is 2.22. The van der Waals surface area contributed by atoms with Crippen molar-refractivity contribution < 1.29 is 23.0 Å². The highest BCUT2D eigenvalue weighted by molar-refractivity contribution is 7.16. The molecule has 27 heavy (non-hydrogen) atoms. The van der Waals surface area contributed by atoms with E-state index in [1.165, 1.54) is 24.9 Å². The predicted molar refractivity (Wildman–Crippen MR) is 99.4 cm³/mol. The third-order valence-corrected chi connectivity index (χ3v) is 4.86. The fraction of sp³-hybridized carbons (Fsp3) is 0.158. The van der Waals surface area contributed by atoms with Gasteiger partial charge in [-0.05, 0) is 18.2 Å². The minimum atomic E-state index is -0.726. The van der Waals surface area contributed by atoms with E-state index < -0.39 is 17.5 Å². The summed E-state index contributed by atoms with van der Waals surface area (Å²) in [5, 5.41) is 0. The third kappa shape index (κ3) is 3.48. The van der Waals surface area contributed by atoms with Gasteiger partial charge in [0.25, 0.3) is 5.91 Å². The Kier molecular flexibility index (Phi) is 5.36. The van der Waals surface area contributed by atoms with Gasteiger partial charge >= 0.3 is 0 Å². The molecule has 2 aromatic carbocycles. The summed E-state index contributed by atoms with van der Waals surface area (Å²) in [7, 11) is 2.88. The van der Waals surface area contributed by atoms with Crippen LogP contribution in [0.3, 0.4) is 0 Å². The molecule has 0 radical (unpaired) electrons. The highest BCUT2D eigenvalue weighted by atomic mass is 32.1. The van der Waals surface area contributed by atoms with Gasteiger partial charge < -0.3 is 14.0 Å². The van der Waals surface area contributed by atoms with Gasteiger partial charge in [-0.3, -0.25) is 4.79 Å². The van der Waals surface area contributed by atoms with Gasteiger partial charge in [0.1, 0.15) is 5.82 Å². The average Bonchev–Trinajstić information content (AvgIpc) is 2.98. The van der Waals surface area contributed by atoms with Crippen LogP contribution in [0.2, 0.25) is 0 Å². The number of amides is 1. The lowest BCUT2D eigenvalue weighted by Crippen LogP contribution is -2.17. The van der Waals surface area contributed by atoms with Gasteiger partial charge in [-0.2, -0.15) is 4.99 Å². The number of hydrogen-bond acceptors (Lipinski definition) is 4. The molecule has 140 valence electrons. The van der Waals surface area contributed by atoms with Gasteiger partial charge in [0.05, 0.1) is 30.0 Å². The number of allylic oxidation sites excluding steroid dienone is 1. The summed E-state index contributed by atoms with van der Waals surface area (Å²) in [4.78, 5) is 17.1. The molecular weight excluding hydrogens is 374 g/mol. The van der Waals surface area contributed by atoms with Crippen LogP contribution in [0.4, 0.5) is 8.78 Å². The van der Waals surface area contributed by atoms with Gasteiger partial charge in [0.2, 0.25) is 0 Å². The van der Waals surface area contributed by atoms with E-state index in [2.05, 4.69) is 11.6 Å². The molecule has 1 amide bonds. The van der Waals surface area contributed by atoms with E-state index in [0.717, 1.165) is 17.4 Å². The Morgan fingerprint density at radius 2 is 2.07 bits per heavy atom. The van der Waals surface area contributed by atoms with Crippen LogP contribution in [0.25, 0.3) is 10.2 Å². The molecule has 5 nitrogen and oxygen atoms in total. The van der Waals surface area contributed by atoms with E-state index in [1.807, 2.05) is 0 Å². The van der Waals surface area contributed by atoms with Crippen LogP contribution in [-0.4, -0.2) is 24.7 Å². The van der Waals surface area contributed by atoms with Crippen molar-refractivity contribution in [2.45, 2.75) is 6.54 Å². The number of hydrogen-bond donors (Lipinski definition) is 0. The minimum Gasteiger partial charge on any atom is -0.493 e. The van der Waals surface area contributed by atoms with E-state index in [9.17, 15) is 13.6 Å². The zero-order chi connectivity index (χ0) is 19.6. The zero-order valence-electron chi connectivity index (χ0n) is 14.7. The summed E-state index contributed by atoms with van der Waals surface area (Å²) < 4.78 is 40.1. The van der Waals surface area contributed by atoms with Crippen LogP contribution in [0.1, 0.15) is 10.4 Å². The number of rotatable bonds is 5. The lowest BCUT2D eigenvalue weighted by molar-refractivity contribution is 0.0994. The van der Waals surface area contributed by atoms with Gasteiger partial charge in [-0.1, -0.05) is 23.5 Å². The van der Waals surface area contributed by atoms with Gasteiger partial charge in [-0.25, -0.2) is 8.78 Å². The number of fused-ring (bicyclic) bond motifs is 1. The molecule has 0 saturated heterocycles. The molecule has 0 aliphatic carbocycles. The summed E-state index contributed by atoms with van der Waals surface area (Å²) >= 11 is 1.01. The molecule has 1 heterocycles. The van der Waals surface area contributed by atoms with Crippen molar-refractivity contribution in [2.75, 3.05) is 14.2 Å². The third-order valence-electron chi connectivity index (χ3n) is 3.84.